The molecule has 10 nitrogen and oxygen atoms in total. The summed E-state index contributed by atoms with van der Waals surface area (Å²) in [6.07, 6.45) is 2.77. The molecule has 2 aromatic heterocycles. The van der Waals surface area contributed by atoms with E-state index < -0.39 is 17.9 Å². The van der Waals surface area contributed by atoms with Crippen LogP contribution in [0.5, 0.6) is 0 Å². The molecule has 3 heterocycles. The number of carbonyl (C=O) groups excluding carboxylic acids is 3. The zero-order chi connectivity index (χ0) is 26.4. The topological polar surface area (TPSA) is 117 Å². The Hall–Kier alpha value is -4.02. The van der Waals surface area contributed by atoms with Crippen molar-refractivity contribution in [3.05, 3.63) is 87.9 Å². The molecule has 192 valence electrons. The van der Waals surface area contributed by atoms with E-state index in [0.29, 0.717) is 48.3 Å². The Morgan fingerprint density at radius 1 is 1.00 bits per heavy atom. The predicted octanol–water partition coefficient (Wildman–Crippen LogP) is 1.79. The first-order valence-corrected chi connectivity index (χ1v) is 12.2. The molecule has 11 heteroatoms. The standard InChI is InChI=1S/C26H27ClN6O4/c1-31-12-14-32(15-13-31)26(37)21(16-23(34)30-22-10-7-19(27)17-28-22)29-25(36)18-5-8-20(9-6-18)33-11-3-2-4-24(33)35/h2-11,17,21H,12-16H2,1H3,(H,29,36)(H,28,30,34). The number of pyridine rings is 2. The highest BCUT2D eigenvalue weighted by Crippen LogP contribution is 2.13. The quantitative estimate of drug-likeness (QED) is 0.488. The smallest absolute Gasteiger partial charge is 0.255 e. The third-order valence-corrected chi connectivity index (χ3v) is 6.26. The average Bonchev–Trinajstić information content (AvgIpc) is 2.90. The number of halogens is 1. The Morgan fingerprint density at radius 2 is 1.73 bits per heavy atom. The Bertz CT molecular complexity index is 1320. The lowest BCUT2D eigenvalue weighted by atomic mass is 10.1. The number of benzene rings is 1. The fourth-order valence-electron chi connectivity index (χ4n) is 3.93. The maximum atomic E-state index is 13.3. The van der Waals surface area contributed by atoms with Gasteiger partial charge in [-0.05, 0) is 49.5 Å². The van der Waals surface area contributed by atoms with Gasteiger partial charge < -0.3 is 20.4 Å². The minimum atomic E-state index is -1.07. The molecular weight excluding hydrogens is 496 g/mol. The molecule has 1 fully saturated rings. The molecule has 0 bridgehead atoms. The van der Waals surface area contributed by atoms with E-state index in [1.165, 1.54) is 16.8 Å². The second-order valence-corrected chi connectivity index (χ2v) is 9.16. The van der Waals surface area contributed by atoms with Crippen LogP contribution < -0.4 is 16.2 Å². The molecule has 0 saturated carbocycles. The third-order valence-electron chi connectivity index (χ3n) is 6.03. The predicted molar refractivity (Wildman–Crippen MR) is 140 cm³/mol. The summed E-state index contributed by atoms with van der Waals surface area (Å²) in [6.45, 7) is 2.41. The van der Waals surface area contributed by atoms with Crippen LogP contribution in [-0.2, 0) is 9.59 Å². The third kappa shape index (κ3) is 6.81. The van der Waals surface area contributed by atoms with E-state index in [4.69, 9.17) is 11.6 Å². The summed E-state index contributed by atoms with van der Waals surface area (Å²) in [6, 6.07) is 13.3. The first-order valence-electron chi connectivity index (χ1n) is 11.8. The minimum Gasteiger partial charge on any atom is -0.340 e. The summed E-state index contributed by atoms with van der Waals surface area (Å²) in [5.74, 6) is -1.01. The lowest BCUT2D eigenvalue weighted by Gasteiger charge is -2.34. The second-order valence-electron chi connectivity index (χ2n) is 8.72. The van der Waals surface area contributed by atoms with Crippen LogP contribution >= 0.6 is 11.6 Å². The molecule has 1 atom stereocenters. The van der Waals surface area contributed by atoms with Gasteiger partial charge in [0.1, 0.15) is 11.9 Å². The molecule has 37 heavy (non-hydrogen) atoms. The number of rotatable bonds is 7. The van der Waals surface area contributed by atoms with Gasteiger partial charge in [0.05, 0.1) is 11.4 Å². The van der Waals surface area contributed by atoms with Gasteiger partial charge in [-0.15, -0.1) is 0 Å². The van der Waals surface area contributed by atoms with Gasteiger partial charge in [-0.1, -0.05) is 17.7 Å². The second kappa shape index (κ2) is 11.8. The van der Waals surface area contributed by atoms with Crippen LogP contribution in [0.25, 0.3) is 5.69 Å². The molecule has 0 aliphatic carbocycles. The van der Waals surface area contributed by atoms with Crippen LogP contribution in [0, 0.1) is 0 Å². The summed E-state index contributed by atoms with van der Waals surface area (Å²) in [5, 5.41) is 5.79. The van der Waals surface area contributed by atoms with E-state index in [1.807, 2.05) is 7.05 Å². The molecule has 3 aromatic rings. The van der Waals surface area contributed by atoms with Crippen LogP contribution in [0.15, 0.2) is 71.8 Å². The molecule has 0 radical (unpaired) electrons. The van der Waals surface area contributed by atoms with Gasteiger partial charge in [-0.25, -0.2) is 4.98 Å². The molecule has 1 saturated heterocycles. The van der Waals surface area contributed by atoms with Gasteiger partial charge >= 0.3 is 0 Å². The zero-order valence-electron chi connectivity index (χ0n) is 20.3. The molecule has 1 aliphatic heterocycles. The zero-order valence-corrected chi connectivity index (χ0v) is 21.0. The first kappa shape index (κ1) is 26.1. The first-order chi connectivity index (χ1) is 17.8. The lowest BCUT2D eigenvalue weighted by Crippen LogP contribution is -2.55. The summed E-state index contributed by atoms with van der Waals surface area (Å²) in [4.78, 5) is 59.0. The molecule has 1 unspecified atom stereocenters. The monoisotopic (exact) mass is 522 g/mol. The van der Waals surface area contributed by atoms with E-state index in [2.05, 4.69) is 20.5 Å². The number of amides is 3. The van der Waals surface area contributed by atoms with Gasteiger partial charge in [-0.3, -0.25) is 23.7 Å². The van der Waals surface area contributed by atoms with Crippen LogP contribution in [0.2, 0.25) is 5.02 Å². The van der Waals surface area contributed by atoms with Crippen LogP contribution in [-0.4, -0.2) is 76.3 Å². The van der Waals surface area contributed by atoms with Crippen LogP contribution in [0.1, 0.15) is 16.8 Å². The minimum absolute atomic E-state index is 0.196. The number of aromatic nitrogens is 2. The highest BCUT2D eigenvalue weighted by Gasteiger charge is 2.30. The number of piperazine rings is 1. The van der Waals surface area contributed by atoms with Crippen molar-refractivity contribution >= 4 is 35.1 Å². The summed E-state index contributed by atoms with van der Waals surface area (Å²) in [7, 11) is 1.97. The highest BCUT2D eigenvalue weighted by atomic mass is 35.5. The number of likely N-dealkylation sites (N-methyl/N-ethyl adjacent to an activating group) is 1. The number of anilines is 1. The van der Waals surface area contributed by atoms with E-state index in [-0.39, 0.29) is 17.9 Å². The SMILES string of the molecule is CN1CCN(C(=O)C(CC(=O)Nc2ccc(Cl)cn2)NC(=O)c2ccc(-n3ccccc3=O)cc2)CC1. The van der Waals surface area contributed by atoms with Gasteiger partial charge in [-0.2, -0.15) is 0 Å². The molecule has 4 rings (SSSR count). The van der Waals surface area contributed by atoms with Crippen molar-refractivity contribution in [2.45, 2.75) is 12.5 Å². The number of nitrogens with zero attached hydrogens (tertiary/aromatic N) is 4. The number of hydrogen-bond acceptors (Lipinski definition) is 6. The van der Waals surface area contributed by atoms with Crippen molar-refractivity contribution in [3.63, 3.8) is 0 Å². The Morgan fingerprint density at radius 3 is 2.38 bits per heavy atom. The molecule has 3 amide bonds. The van der Waals surface area contributed by atoms with Crippen LogP contribution in [0.3, 0.4) is 0 Å². The fourth-order valence-corrected chi connectivity index (χ4v) is 4.04. The van der Waals surface area contributed by atoms with Crippen molar-refractivity contribution in [1.82, 2.24) is 24.7 Å². The maximum absolute atomic E-state index is 13.3. The lowest BCUT2D eigenvalue weighted by molar-refractivity contribution is -0.136. The highest BCUT2D eigenvalue weighted by molar-refractivity contribution is 6.30. The van der Waals surface area contributed by atoms with E-state index in [1.54, 1.807) is 59.6 Å². The molecule has 1 aliphatic rings. The number of hydrogen-bond donors (Lipinski definition) is 2. The van der Waals surface area contributed by atoms with Crippen molar-refractivity contribution < 1.29 is 14.4 Å². The number of nitrogens with one attached hydrogen (secondary N) is 2. The van der Waals surface area contributed by atoms with Gasteiger partial charge in [0, 0.05) is 55.9 Å². The van der Waals surface area contributed by atoms with Crippen molar-refractivity contribution in [2.24, 2.45) is 0 Å². The van der Waals surface area contributed by atoms with E-state index in [0.717, 1.165) is 0 Å². The van der Waals surface area contributed by atoms with Gasteiger partial charge in [0.2, 0.25) is 11.8 Å². The van der Waals surface area contributed by atoms with Crippen LogP contribution in [0.4, 0.5) is 5.82 Å². The molecule has 2 N–H and O–H groups in total. The molecular formula is C26H27ClN6O4. The fraction of sp³-hybridized carbons (Fsp3) is 0.269. The number of carbonyl (C=O) groups is 3. The van der Waals surface area contributed by atoms with Gasteiger partial charge in [0.15, 0.2) is 0 Å². The van der Waals surface area contributed by atoms with Crippen molar-refractivity contribution in [1.29, 1.82) is 0 Å². The summed E-state index contributed by atoms with van der Waals surface area (Å²) in [5.41, 5.74) is 0.699. The normalized spacial score (nSPS) is 14.6. The van der Waals surface area contributed by atoms with E-state index >= 15 is 0 Å². The summed E-state index contributed by atoms with van der Waals surface area (Å²) >= 11 is 5.85. The van der Waals surface area contributed by atoms with Crippen molar-refractivity contribution in [2.75, 3.05) is 38.5 Å². The molecule has 1 aromatic carbocycles. The summed E-state index contributed by atoms with van der Waals surface area (Å²) < 4.78 is 1.45. The van der Waals surface area contributed by atoms with Gasteiger partial charge in [0.25, 0.3) is 11.5 Å². The van der Waals surface area contributed by atoms with Crippen molar-refractivity contribution in [3.8, 4) is 5.69 Å². The largest absolute Gasteiger partial charge is 0.340 e. The Labute approximate surface area is 218 Å². The Balaban J connectivity index is 1.48. The average molecular weight is 523 g/mol. The molecule has 0 spiro atoms. The van der Waals surface area contributed by atoms with E-state index in [9.17, 15) is 19.2 Å². The Kier molecular flexibility index (Phi) is 8.32. The maximum Gasteiger partial charge on any atom is 0.255 e.